The number of Topliss-reactive ketones (excluding diaryl/α,β-unsaturated/α-hetero) is 1. The highest BCUT2D eigenvalue weighted by molar-refractivity contribution is 6.10. The Bertz CT molecular complexity index is 461. The lowest BCUT2D eigenvalue weighted by molar-refractivity contribution is 0.103. The lowest BCUT2D eigenvalue weighted by Crippen LogP contribution is -2.17. The van der Waals surface area contributed by atoms with Crippen molar-refractivity contribution in [3.8, 4) is 0 Å². The quantitative estimate of drug-likeness (QED) is 0.691. The third kappa shape index (κ3) is 2.49. The van der Waals surface area contributed by atoms with E-state index in [4.69, 9.17) is 0 Å². The van der Waals surface area contributed by atoms with E-state index < -0.39 is 0 Å². The van der Waals surface area contributed by atoms with E-state index in [1.807, 2.05) is 18.2 Å². The summed E-state index contributed by atoms with van der Waals surface area (Å²) in [5, 5.41) is 0. The van der Waals surface area contributed by atoms with Gasteiger partial charge in [-0.05, 0) is 35.8 Å². The van der Waals surface area contributed by atoms with Crippen molar-refractivity contribution in [2.75, 3.05) is 0 Å². The fraction of sp³-hybridized carbons (Fsp3) is 0.438. The van der Waals surface area contributed by atoms with Gasteiger partial charge in [-0.2, -0.15) is 0 Å². The minimum absolute atomic E-state index is 0.0193. The van der Waals surface area contributed by atoms with Crippen LogP contribution < -0.4 is 0 Å². The second-order valence-electron chi connectivity index (χ2n) is 5.75. The number of carbonyl (C=O) groups is 1. The van der Waals surface area contributed by atoms with Gasteiger partial charge in [0, 0.05) is 5.56 Å². The highest BCUT2D eigenvalue weighted by atomic mass is 16.1. The van der Waals surface area contributed by atoms with Crippen molar-refractivity contribution in [3.63, 3.8) is 0 Å². The maximum absolute atomic E-state index is 12.4. The second kappa shape index (κ2) is 4.48. The summed E-state index contributed by atoms with van der Waals surface area (Å²) in [6.45, 7) is 6.46. The molecule has 1 aliphatic rings. The zero-order valence-corrected chi connectivity index (χ0v) is 10.9. The minimum Gasteiger partial charge on any atom is -0.289 e. The van der Waals surface area contributed by atoms with Gasteiger partial charge in [-0.15, -0.1) is 0 Å². The number of rotatable bonds is 2. The normalized spacial score (nSPS) is 15.8. The van der Waals surface area contributed by atoms with Crippen LogP contribution in [0.3, 0.4) is 0 Å². The first-order chi connectivity index (χ1) is 8.00. The highest BCUT2D eigenvalue weighted by Gasteiger charge is 2.23. The summed E-state index contributed by atoms with van der Waals surface area (Å²) in [6.07, 6.45) is 5.22. The summed E-state index contributed by atoms with van der Waals surface area (Å²) >= 11 is 0. The van der Waals surface area contributed by atoms with Crippen molar-refractivity contribution in [3.05, 3.63) is 47.0 Å². The first-order valence-electron chi connectivity index (χ1n) is 6.33. The second-order valence-corrected chi connectivity index (χ2v) is 5.75. The van der Waals surface area contributed by atoms with Crippen LogP contribution in [0.15, 0.2) is 35.9 Å². The van der Waals surface area contributed by atoms with E-state index in [9.17, 15) is 4.79 Å². The molecule has 0 fully saturated rings. The van der Waals surface area contributed by atoms with Crippen LogP contribution >= 0.6 is 0 Å². The van der Waals surface area contributed by atoms with Crippen LogP contribution in [0.2, 0.25) is 0 Å². The third-order valence-electron chi connectivity index (χ3n) is 3.31. The Morgan fingerprint density at radius 2 is 1.88 bits per heavy atom. The smallest absolute Gasteiger partial charge is 0.188 e. The zero-order chi connectivity index (χ0) is 12.5. The molecule has 1 aliphatic carbocycles. The lowest BCUT2D eigenvalue weighted by Gasteiger charge is -2.22. The largest absolute Gasteiger partial charge is 0.289 e. The topological polar surface area (TPSA) is 17.1 Å². The lowest BCUT2D eigenvalue weighted by atomic mass is 9.81. The molecular formula is C16H20O. The fourth-order valence-corrected chi connectivity index (χ4v) is 2.39. The monoisotopic (exact) mass is 228 g/mol. The molecule has 0 radical (unpaired) electrons. The van der Waals surface area contributed by atoms with E-state index >= 15 is 0 Å². The molecule has 17 heavy (non-hydrogen) atoms. The SMILES string of the molecule is CC(C)(C)c1ccccc1C(=O)C1=CCCC1. The number of hydrogen-bond acceptors (Lipinski definition) is 1. The van der Waals surface area contributed by atoms with Gasteiger partial charge >= 0.3 is 0 Å². The molecule has 1 aromatic rings. The predicted octanol–water partition coefficient (Wildman–Crippen LogP) is 4.28. The Hall–Kier alpha value is -1.37. The number of allylic oxidation sites excluding steroid dienone is 2. The molecule has 0 spiro atoms. The van der Waals surface area contributed by atoms with Gasteiger partial charge in [0.15, 0.2) is 5.78 Å². The van der Waals surface area contributed by atoms with E-state index in [2.05, 4.69) is 32.9 Å². The molecule has 0 N–H and O–H groups in total. The molecule has 90 valence electrons. The molecule has 0 heterocycles. The zero-order valence-electron chi connectivity index (χ0n) is 10.9. The Kier molecular flexibility index (Phi) is 3.19. The van der Waals surface area contributed by atoms with Crippen LogP contribution in [0, 0.1) is 0 Å². The van der Waals surface area contributed by atoms with Gasteiger partial charge in [0.05, 0.1) is 0 Å². The highest BCUT2D eigenvalue weighted by Crippen LogP contribution is 2.29. The average molecular weight is 228 g/mol. The van der Waals surface area contributed by atoms with Crippen molar-refractivity contribution in [2.24, 2.45) is 0 Å². The van der Waals surface area contributed by atoms with E-state index in [1.54, 1.807) is 0 Å². The summed E-state index contributed by atoms with van der Waals surface area (Å²) in [5.41, 5.74) is 3.05. The molecule has 0 bridgehead atoms. The Morgan fingerprint density at radius 1 is 1.18 bits per heavy atom. The van der Waals surface area contributed by atoms with Crippen LogP contribution in [0.4, 0.5) is 0 Å². The van der Waals surface area contributed by atoms with Crippen molar-refractivity contribution in [1.82, 2.24) is 0 Å². The summed E-state index contributed by atoms with van der Waals surface area (Å²) in [7, 11) is 0. The molecule has 0 aliphatic heterocycles. The molecule has 0 aromatic heterocycles. The van der Waals surface area contributed by atoms with Gasteiger partial charge in [-0.1, -0.05) is 51.1 Å². The molecular weight excluding hydrogens is 208 g/mol. The van der Waals surface area contributed by atoms with Crippen LogP contribution in [-0.2, 0) is 5.41 Å². The number of ketones is 1. The summed E-state index contributed by atoms with van der Waals surface area (Å²) in [6, 6.07) is 8.00. The van der Waals surface area contributed by atoms with Crippen molar-refractivity contribution in [1.29, 1.82) is 0 Å². The standard InChI is InChI=1S/C16H20O/c1-16(2,3)14-11-7-6-10-13(14)15(17)12-8-4-5-9-12/h6-8,10-11H,4-5,9H2,1-3H3. The van der Waals surface area contributed by atoms with Gasteiger partial charge in [0.25, 0.3) is 0 Å². The summed E-state index contributed by atoms with van der Waals surface area (Å²) in [5.74, 6) is 0.230. The molecule has 0 amide bonds. The molecule has 1 heteroatoms. The average Bonchev–Trinajstić information content (AvgIpc) is 2.80. The third-order valence-corrected chi connectivity index (χ3v) is 3.31. The first kappa shape index (κ1) is 12.1. The van der Waals surface area contributed by atoms with Crippen LogP contribution in [-0.4, -0.2) is 5.78 Å². The molecule has 1 aromatic carbocycles. The van der Waals surface area contributed by atoms with Gasteiger partial charge in [0.1, 0.15) is 0 Å². The Labute approximate surface area is 104 Å². The maximum atomic E-state index is 12.4. The van der Waals surface area contributed by atoms with E-state index in [0.717, 1.165) is 36.0 Å². The van der Waals surface area contributed by atoms with E-state index in [1.165, 1.54) is 0 Å². The van der Waals surface area contributed by atoms with Crippen molar-refractivity contribution in [2.45, 2.75) is 45.4 Å². The van der Waals surface area contributed by atoms with Crippen LogP contribution in [0.5, 0.6) is 0 Å². The predicted molar refractivity (Wildman–Crippen MR) is 71.4 cm³/mol. The van der Waals surface area contributed by atoms with Crippen LogP contribution in [0.25, 0.3) is 0 Å². The van der Waals surface area contributed by atoms with Crippen molar-refractivity contribution < 1.29 is 4.79 Å². The Balaban J connectivity index is 2.42. The first-order valence-corrected chi connectivity index (χ1v) is 6.33. The fourth-order valence-electron chi connectivity index (χ4n) is 2.39. The molecule has 0 unspecified atom stereocenters. The molecule has 0 saturated carbocycles. The van der Waals surface area contributed by atoms with Crippen molar-refractivity contribution >= 4 is 5.78 Å². The Morgan fingerprint density at radius 3 is 2.47 bits per heavy atom. The van der Waals surface area contributed by atoms with E-state index in [-0.39, 0.29) is 11.2 Å². The number of hydrogen-bond donors (Lipinski definition) is 0. The molecule has 1 nitrogen and oxygen atoms in total. The maximum Gasteiger partial charge on any atom is 0.188 e. The molecule has 0 atom stereocenters. The molecule has 2 rings (SSSR count). The van der Waals surface area contributed by atoms with Gasteiger partial charge in [0.2, 0.25) is 0 Å². The van der Waals surface area contributed by atoms with Gasteiger partial charge < -0.3 is 0 Å². The van der Waals surface area contributed by atoms with Gasteiger partial charge in [-0.25, -0.2) is 0 Å². The van der Waals surface area contributed by atoms with Crippen LogP contribution in [0.1, 0.15) is 56.0 Å². The summed E-state index contributed by atoms with van der Waals surface area (Å²) in [4.78, 5) is 12.4. The minimum atomic E-state index is 0.0193. The summed E-state index contributed by atoms with van der Waals surface area (Å²) < 4.78 is 0. The number of carbonyl (C=O) groups excluding carboxylic acids is 1. The van der Waals surface area contributed by atoms with Gasteiger partial charge in [-0.3, -0.25) is 4.79 Å². The number of benzene rings is 1. The molecule has 0 saturated heterocycles. The van der Waals surface area contributed by atoms with E-state index in [0.29, 0.717) is 0 Å².